The number of imidazole rings is 1. The number of likely N-dealkylation sites (tertiary alicyclic amines) is 1. The zero-order valence-corrected chi connectivity index (χ0v) is 27.0. The predicted octanol–water partition coefficient (Wildman–Crippen LogP) is 5.53. The fourth-order valence-corrected chi connectivity index (χ4v) is 7.44. The van der Waals surface area contributed by atoms with E-state index < -0.39 is 30.5 Å². The Hall–Kier alpha value is -4.09. The molecule has 11 heteroatoms. The first kappa shape index (κ1) is 29.3. The number of hydrogen-bond donors (Lipinski definition) is 3. The average molecular weight is 623 g/mol. The smallest absolute Gasteiger partial charge is 0.488 e. The van der Waals surface area contributed by atoms with Crippen molar-refractivity contribution in [3.63, 3.8) is 0 Å². The number of amides is 2. The van der Waals surface area contributed by atoms with E-state index in [9.17, 15) is 14.7 Å². The molecule has 3 fully saturated rings. The van der Waals surface area contributed by atoms with Crippen molar-refractivity contribution in [3.05, 3.63) is 53.9 Å². The maximum atomic E-state index is 13.7. The van der Waals surface area contributed by atoms with Gasteiger partial charge in [-0.15, -0.1) is 0 Å². The molecule has 3 unspecified atom stereocenters. The van der Waals surface area contributed by atoms with Gasteiger partial charge in [0.2, 0.25) is 5.91 Å². The number of piperidine rings is 1. The Labute approximate surface area is 267 Å². The highest BCUT2D eigenvalue weighted by atomic mass is 16.7. The maximum absolute atomic E-state index is 13.7. The molecule has 0 bridgehead atoms. The molecule has 1 aliphatic carbocycles. The van der Waals surface area contributed by atoms with E-state index in [0.29, 0.717) is 12.5 Å². The third-order valence-corrected chi connectivity index (χ3v) is 10.8. The molecule has 4 heterocycles. The number of fused-ring (bicyclic) bond motifs is 7. The summed E-state index contributed by atoms with van der Waals surface area (Å²) in [6, 6.07) is 13.8. The lowest BCUT2D eigenvalue weighted by Gasteiger charge is -2.32. The second-order valence-corrected chi connectivity index (χ2v) is 14.7. The maximum Gasteiger partial charge on any atom is 0.494 e. The van der Waals surface area contributed by atoms with Crippen LogP contribution in [0.3, 0.4) is 0 Å². The van der Waals surface area contributed by atoms with Crippen LogP contribution in [0.15, 0.2) is 42.5 Å². The molecule has 1 saturated carbocycles. The molecule has 10 nitrogen and oxygen atoms in total. The molecule has 4 aliphatic rings. The second-order valence-electron chi connectivity index (χ2n) is 14.7. The molecule has 0 spiro atoms. The number of nitrogens with one attached hydrogen (secondary N) is 2. The van der Waals surface area contributed by atoms with E-state index in [0.717, 1.165) is 68.4 Å². The normalized spacial score (nSPS) is 24.5. The van der Waals surface area contributed by atoms with Gasteiger partial charge in [0, 0.05) is 17.0 Å². The minimum Gasteiger partial charge on any atom is -0.488 e. The van der Waals surface area contributed by atoms with Crippen LogP contribution in [0.2, 0.25) is 0 Å². The van der Waals surface area contributed by atoms with Gasteiger partial charge in [0.25, 0.3) is 0 Å². The monoisotopic (exact) mass is 622 g/mol. The van der Waals surface area contributed by atoms with Gasteiger partial charge >= 0.3 is 13.2 Å². The Balaban J connectivity index is 1.12. The summed E-state index contributed by atoms with van der Waals surface area (Å²) in [5.41, 5.74) is 5.13. The number of H-pyrrole nitrogens is 1. The van der Waals surface area contributed by atoms with Gasteiger partial charge in [-0.2, -0.15) is 0 Å². The van der Waals surface area contributed by atoms with E-state index in [-0.39, 0.29) is 23.9 Å². The molecule has 46 heavy (non-hydrogen) atoms. The molecule has 238 valence electrons. The molecule has 2 amide bonds. The van der Waals surface area contributed by atoms with Gasteiger partial charge in [0.1, 0.15) is 24.2 Å². The van der Waals surface area contributed by atoms with Gasteiger partial charge in [-0.05, 0) is 92.5 Å². The number of hydrogen-bond acceptors (Lipinski definition) is 6. The van der Waals surface area contributed by atoms with E-state index in [1.807, 2.05) is 24.8 Å². The number of nitrogens with zero attached hydrogens (tertiary/aromatic N) is 2. The Morgan fingerprint density at radius 1 is 1.04 bits per heavy atom. The third-order valence-electron chi connectivity index (χ3n) is 10.8. The van der Waals surface area contributed by atoms with Gasteiger partial charge in [-0.3, -0.25) is 4.79 Å². The Morgan fingerprint density at radius 3 is 2.52 bits per heavy atom. The summed E-state index contributed by atoms with van der Waals surface area (Å²) < 4.78 is 18.9. The largest absolute Gasteiger partial charge is 0.494 e. The highest BCUT2D eigenvalue weighted by molar-refractivity contribution is 6.62. The van der Waals surface area contributed by atoms with Crippen LogP contribution in [0, 0.1) is 11.8 Å². The predicted molar refractivity (Wildman–Crippen MR) is 175 cm³/mol. The molecule has 1 aromatic heterocycles. The molecule has 3 aliphatic heterocycles. The topological polar surface area (TPSA) is 126 Å². The molecule has 3 aromatic carbocycles. The van der Waals surface area contributed by atoms with Crippen molar-refractivity contribution in [2.45, 2.75) is 90.3 Å². The highest BCUT2D eigenvalue weighted by Crippen LogP contribution is 2.53. The van der Waals surface area contributed by atoms with E-state index in [2.05, 4.69) is 74.4 Å². The molecule has 4 aromatic rings. The van der Waals surface area contributed by atoms with E-state index in [1.165, 1.54) is 0 Å². The van der Waals surface area contributed by atoms with Crippen LogP contribution in [-0.2, 0) is 20.7 Å². The second kappa shape index (κ2) is 9.96. The highest BCUT2D eigenvalue weighted by Gasteiger charge is 2.56. The zero-order valence-electron chi connectivity index (χ0n) is 27.0. The van der Waals surface area contributed by atoms with E-state index in [4.69, 9.17) is 19.0 Å². The lowest BCUT2D eigenvalue weighted by molar-refractivity contribution is -0.136. The van der Waals surface area contributed by atoms with E-state index >= 15 is 0 Å². The summed E-state index contributed by atoms with van der Waals surface area (Å²) in [5.74, 6) is 1.61. The Kier molecular flexibility index (Phi) is 6.35. The van der Waals surface area contributed by atoms with Crippen LogP contribution in [0.25, 0.3) is 32.9 Å². The summed E-state index contributed by atoms with van der Waals surface area (Å²) in [6.07, 6.45) is 0.575. The number of carbonyl (C=O) groups excluding carboxylic acids is 1. The fourth-order valence-electron chi connectivity index (χ4n) is 7.44. The van der Waals surface area contributed by atoms with Crippen LogP contribution >= 0.6 is 0 Å². The van der Waals surface area contributed by atoms with Crippen molar-refractivity contribution in [1.82, 2.24) is 20.2 Å². The standard InChI is InChI=1S/C35H39BN4O6/c1-17(2)29(39-33(42)43)32(41)40-26-13-19(26)14-27(40)31-37-25-10-7-18-12-24-22-9-8-21(36-45-34(3,4)35(5,6)46-36)11-20(22)16-44-28(24)15-23(18)30(25)38-31/h7-12,15,17,19,26-27,29,39H,13-14,16H2,1-6H3,(H,37,38)(H,42,43)/t19?,26?,27?,29-/m0/s1. The first-order valence-corrected chi connectivity index (χ1v) is 16.2. The number of carbonyl (C=O) groups is 2. The van der Waals surface area contributed by atoms with Crippen molar-refractivity contribution in [3.8, 4) is 16.9 Å². The number of carboxylic acid groups (broad SMARTS) is 1. The van der Waals surface area contributed by atoms with Crippen LogP contribution < -0.4 is 15.5 Å². The Morgan fingerprint density at radius 2 is 1.80 bits per heavy atom. The number of aromatic nitrogens is 2. The van der Waals surface area contributed by atoms with E-state index in [1.54, 1.807) is 0 Å². The van der Waals surface area contributed by atoms with Crippen molar-refractivity contribution >= 4 is 46.4 Å². The summed E-state index contributed by atoms with van der Waals surface area (Å²) in [7, 11) is -0.433. The number of ether oxygens (including phenoxy) is 1. The van der Waals surface area contributed by atoms with Gasteiger partial charge in [0.15, 0.2) is 0 Å². The first-order chi connectivity index (χ1) is 21.8. The summed E-state index contributed by atoms with van der Waals surface area (Å²) in [4.78, 5) is 35.6. The summed E-state index contributed by atoms with van der Waals surface area (Å²) >= 11 is 0. The molecule has 0 radical (unpaired) electrons. The SMILES string of the molecule is CC(C)[C@H](NC(=O)O)C(=O)N1C(c2nc3ccc4cc5c(cc4c3[nH]2)OCc2cc(B3OC(C)(C)C(C)(C)O3)ccc2-5)CC2CC21. The summed E-state index contributed by atoms with van der Waals surface area (Å²) in [6.45, 7) is 12.4. The lowest BCUT2D eigenvalue weighted by atomic mass is 9.77. The van der Waals surface area contributed by atoms with Crippen LogP contribution in [0.4, 0.5) is 4.79 Å². The van der Waals surface area contributed by atoms with Gasteiger partial charge in [-0.25, -0.2) is 9.78 Å². The molecule has 2 saturated heterocycles. The third kappa shape index (κ3) is 4.50. The molecule has 3 N–H and O–H groups in total. The molecular formula is C35H39BN4O6. The Bertz CT molecular complexity index is 1920. The molecule has 4 atom stereocenters. The minimum absolute atomic E-state index is 0.130. The van der Waals surface area contributed by atoms with Crippen molar-refractivity contribution in [2.24, 2.45) is 11.8 Å². The zero-order chi connectivity index (χ0) is 32.3. The van der Waals surface area contributed by atoms with Crippen molar-refractivity contribution in [2.75, 3.05) is 0 Å². The fraction of sp³-hybridized carbons (Fsp3) is 0.457. The minimum atomic E-state index is -1.19. The molecular weight excluding hydrogens is 583 g/mol. The average Bonchev–Trinajstić information content (AvgIpc) is 3.34. The first-order valence-electron chi connectivity index (χ1n) is 16.2. The van der Waals surface area contributed by atoms with Crippen LogP contribution in [0.1, 0.15) is 71.8 Å². The van der Waals surface area contributed by atoms with Crippen molar-refractivity contribution < 1.29 is 28.7 Å². The lowest BCUT2D eigenvalue weighted by Crippen LogP contribution is -2.51. The van der Waals surface area contributed by atoms with Gasteiger partial charge in [-0.1, -0.05) is 38.1 Å². The van der Waals surface area contributed by atoms with Gasteiger partial charge in [0.05, 0.1) is 28.3 Å². The van der Waals surface area contributed by atoms with Crippen LogP contribution in [-0.4, -0.2) is 62.4 Å². The van der Waals surface area contributed by atoms with Gasteiger partial charge < -0.3 is 34.4 Å². The summed E-state index contributed by atoms with van der Waals surface area (Å²) in [5, 5.41) is 13.9. The number of benzene rings is 3. The van der Waals surface area contributed by atoms with Crippen molar-refractivity contribution in [1.29, 1.82) is 0 Å². The number of aromatic amines is 1. The number of rotatable bonds is 5. The van der Waals surface area contributed by atoms with Crippen LogP contribution in [0.5, 0.6) is 5.75 Å². The molecule has 8 rings (SSSR count). The quantitative estimate of drug-likeness (QED) is 0.250.